The van der Waals surface area contributed by atoms with Crippen molar-refractivity contribution in [2.75, 3.05) is 0 Å². The Kier molecular flexibility index (Phi) is 4.85. The molecule has 0 spiro atoms. The molecule has 0 saturated carbocycles. The van der Waals surface area contributed by atoms with Crippen molar-refractivity contribution in [3.05, 3.63) is 84.5 Å². The van der Waals surface area contributed by atoms with E-state index in [9.17, 15) is 13.9 Å². The third-order valence-electron chi connectivity index (χ3n) is 4.85. The Morgan fingerprint density at radius 1 is 1.10 bits per heavy atom. The van der Waals surface area contributed by atoms with Crippen LogP contribution in [0.5, 0.6) is 0 Å². The standard InChI is InChI=1S/C19H17F2N7O/c1-13(18-5-3-15(9-23-18)28-24-6-7-25-28)19(29,10-27-12-22-11-26-27)16-4-2-14(20)8-17(16)21/h2-9,11-13,29H,10H2,1H3. The highest BCUT2D eigenvalue weighted by molar-refractivity contribution is 5.33. The Morgan fingerprint density at radius 3 is 2.52 bits per heavy atom. The average molecular weight is 397 g/mol. The Labute approximate surface area is 164 Å². The van der Waals surface area contributed by atoms with E-state index in [4.69, 9.17) is 0 Å². The lowest BCUT2D eigenvalue weighted by Gasteiger charge is -2.34. The summed E-state index contributed by atoms with van der Waals surface area (Å²) in [5.41, 5.74) is -0.670. The molecular formula is C19H17F2N7O. The second kappa shape index (κ2) is 7.47. The van der Waals surface area contributed by atoms with Gasteiger partial charge < -0.3 is 5.11 Å². The summed E-state index contributed by atoms with van der Waals surface area (Å²) in [5, 5.41) is 23.7. The third kappa shape index (κ3) is 3.61. The fourth-order valence-corrected chi connectivity index (χ4v) is 3.22. The molecular weight excluding hydrogens is 380 g/mol. The Morgan fingerprint density at radius 2 is 1.90 bits per heavy atom. The van der Waals surface area contributed by atoms with E-state index in [1.807, 2.05) is 0 Å². The number of halogens is 2. The normalized spacial score (nSPS) is 14.5. The topological polar surface area (TPSA) is 94.5 Å². The van der Waals surface area contributed by atoms with E-state index in [1.165, 1.54) is 28.2 Å². The summed E-state index contributed by atoms with van der Waals surface area (Å²) in [5.74, 6) is -2.24. The van der Waals surface area contributed by atoms with Gasteiger partial charge in [-0.3, -0.25) is 4.98 Å². The molecule has 29 heavy (non-hydrogen) atoms. The van der Waals surface area contributed by atoms with E-state index >= 15 is 0 Å². The summed E-state index contributed by atoms with van der Waals surface area (Å²) in [6.45, 7) is 1.62. The zero-order chi connectivity index (χ0) is 20.4. The van der Waals surface area contributed by atoms with E-state index < -0.39 is 23.2 Å². The largest absolute Gasteiger partial charge is 0.382 e. The van der Waals surface area contributed by atoms with Crippen LogP contribution >= 0.6 is 0 Å². The van der Waals surface area contributed by atoms with E-state index in [2.05, 4.69) is 25.3 Å². The first-order valence-electron chi connectivity index (χ1n) is 8.80. The molecule has 0 amide bonds. The molecule has 2 atom stereocenters. The van der Waals surface area contributed by atoms with Crippen LogP contribution in [0, 0.1) is 11.6 Å². The lowest BCUT2D eigenvalue weighted by molar-refractivity contribution is -0.0123. The average Bonchev–Trinajstić information content (AvgIpc) is 3.41. The van der Waals surface area contributed by atoms with Gasteiger partial charge in [0.1, 0.15) is 35.6 Å². The van der Waals surface area contributed by atoms with Crippen molar-refractivity contribution in [1.29, 1.82) is 0 Å². The maximum Gasteiger partial charge on any atom is 0.137 e. The van der Waals surface area contributed by atoms with Crippen molar-refractivity contribution in [3.63, 3.8) is 0 Å². The minimum atomic E-state index is -1.76. The van der Waals surface area contributed by atoms with Gasteiger partial charge in [-0.25, -0.2) is 18.4 Å². The number of hydrogen-bond acceptors (Lipinski definition) is 6. The van der Waals surface area contributed by atoms with Gasteiger partial charge in [0.05, 0.1) is 25.1 Å². The summed E-state index contributed by atoms with van der Waals surface area (Å²) < 4.78 is 29.4. The van der Waals surface area contributed by atoms with Crippen molar-refractivity contribution in [3.8, 4) is 5.69 Å². The van der Waals surface area contributed by atoms with Gasteiger partial charge in [0.15, 0.2) is 0 Å². The van der Waals surface area contributed by atoms with Crippen LogP contribution in [0.15, 0.2) is 61.6 Å². The van der Waals surface area contributed by atoms with Crippen molar-refractivity contribution in [2.24, 2.45) is 0 Å². The lowest BCUT2D eigenvalue weighted by atomic mass is 9.79. The van der Waals surface area contributed by atoms with Crippen LogP contribution in [0.25, 0.3) is 5.69 Å². The molecule has 4 rings (SSSR count). The maximum atomic E-state index is 14.6. The number of aromatic nitrogens is 7. The van der Waals surface area contributed by atoms with E-state index in [1.54, 1.807) is 37.6 Å². The number of nitrogens with zero attached hydrogens (tertiary/aromatic N) is 7. The molecule has 0 aliphatic rings. The smallest absolute Gasteiger partial charge is 0.137 e. The fourth-order valence-electron chi connectivity index (χ4n) is 3.22. The SMILES string of the molecule is CC(c1ccc(-n2nccn2)cn1)C(O)(Cn1cncn1)c1ccc(F)cc1F. The number of aliphatic hydroxyl groups is 1. The Hall–Kier alpha value is -3.53. The molecule has 0 radical (unpaired) electrons. The van der Waals surface area contributed by atoms with Gasteiger partial charge in [-0.15, -0.1) is 0 Å². The van der Waals surface area contributed by atoms with Crippen molar-refractivity contribution < 1.29 is 13.9 Å². The molecule has 3 aromatic heterocycles. The van der Waals surface area contributed by atoms with Crippen LogP contribution in [0.2, 0.25) is 0 Å². The number of benzene rings is 1. The molecule has 3 heterocycles. The minimum absolute atomic E-state index is 0.0541. The predicted octanol–water partition coefficient (Wildman–Crippen LogP) is 2.22. The highest BCUT2D eigenvalue weighted by Crippen LogP contribution is 2.39. The van der Waals surface area contributed by atoms with Gasteiger partial charge >= 0.3 is 0 Å². The number of hydrogen-bond donors (Lipinski definition) is 1. The quantitative estimate of drug-likeness (QED) is 0.536. The predicted molar refractivity (Wildman–Crippen MR) is 97.8 cm³/mol. The lowest BCUT2D eigenvalue weighted by Crippen LogP contribution is -2.38. The first kappa shape index (κ1) is 18.8. The molecule has 148 valence electrons. The van der Waals surface area contributed by atoms with E-state index in [0.29, 0.717) is 11.4 Å². The van der Waals surface area contributed by atoms with Crippen LogP contribution < -0.4 is 0 Å². The third-order valence-corrected chi connectivity index (χ3v) is 4.85. The zero-order valence-corrected chi connectivity index (χ0v) is 15.4. The molecule has 4 aromatic rings. The van der Waals surface area contributed by atoms with Crippen LogP contribution in [-0.4, -0.2) is 39.8 Å². The first-order valence-corrected chi connectivity index (χ1v) is 8.80. The second-order valence-electron chi connectivity index (χ2n) is 6.62. The minimum Gasteiger partial charge on any atom is -0.382 e. The van der Waals surface area contributed by atoms with Crippen LogP contribution in [0.3, 0.4) is 0 Å². The monoisotopic (exact) mass is 397 g/mol. The van der Waals surface area contributed by atoms with Gasteiger partial charge in [-0.1, -0.05) is 13.0 Å². The summed E-state index contributed by atoms with van der Waals surface area (Å²) in [4.78, 5) is 9.67. The molecule has 2 unspecified atom stereocenters. The molecule has 10 heteroatoms. The zero-order valence-electron chi connectivity index (χ0n) is 15.4. The highest BCUT2D eigenvalue weighted by Gasteiger charge is 2.40. The molecule has 0 bridgehead atoms. The number of rotatable bonds is 6. The van der Waals surface area contributed by atoms with Crippen molar-refractivity contribution in [2.45, 2.75) is 25.0 Å². The molecule has 0 fully saturated rings. The molecule has 0 aliphatic carbocycles. The summed E-state index contributed by atoms with van der Waals surface area (Å²) in [6.07, 6.45) is 7.38. The van der Waals surface area contributed by atoms with Crippen LogP contribution in [-0.2, 0) is 12.1 Å². The van der Waals surface area contributed by atoms with Crippen LogP contribution in [0.4, 0.5) is 8.78 Å². The first-order chi connectivity index (χ1) is 14.0. The number of pyridine rings is 1. The van der Waals surface area contributed by atoms with E-state index in [-0.39, 0.29) is 12.1 Å². The molecule has 0 saturated heterocycles. The summed E-state index contributed by atoms with van der Waals surface area (Å²) in [7, 11) is 0. The molecule has 0 aliphatic heterocycles. The van der Waals surface area contributed by atoms with Gasteiger partial charge in [0, 0.05) is 23.2 Å². The van der Waals surface area contributed by atoms with Gasteiger partial charge in [-0.2, -0.15) is 20.1 Å². The van der Waals surface area contributed by atoms with Gasteiger partial charge in [-0.05, 0) is 18.2 Å². The van der Waals surface area contributed by atoms with Crippen molar-refractivity contribution >= 4 is 0 Å². The second-order valence-corrected chi connectivity index (χ2v) is 6.62. The Balaban J connectivity index is 1.74. The molecule has 1 aromatic carbocycles. The molecule has 8 nitrogen and oxygen atoms in total. The van der Waals surface area contributed by atoms with Gasteiger partial charge in [0.2, 0.25) is 0 Å². The fraction of sp³-hybridized carbons (Fsp3) is 0.211. The summed E-state index contributed by atoms with van der Waals surface area (Å²) >= 11 is 0. The highest BCUT2D eigenvalue weighted by atomic mass is 19.1. The van der Waals surface area contributed by atoms with Crippen molar-refractivity contribution in [1.82, 2.24) is 34.7 Å². The molecule has 1 N–H and O–H groups in total. The summed E-state index contributed by atoms with van der Waals surface area (Å²) in [6, 6.07) is 6.54. The van der Waals surface area contributed by atoms with Crippen LogP contribution in [0.1, 0.15) is 24.1 Å². The maximum absolute atomic E-state index is 14.6. The Bertz CT molecular complexity index is 1080. The van der Waals surface area contributed by atoms with E-state index in [0.717, 1.165) is 12.1 Å². The van der Waals surface area contributed by atoms with Gasteiger partial charge in [0.25, 0.3) is 0 Å².